The number of likely N-dealkylation sites (N-methyl/N-ethyl adjacent to an activating group) is 2. The smallest absolute Gasteiger partial charge is 0.271 e. The van der Waals surface area contributed by atoms with Gasteiger partial charge in [-0.05, 0) is 17.9 Å². The van der Waals surface area contributed by atoms with E-state index in [1.165, 1.54) is 9.80 Å². The second-order valence-electron chi connectivity index (χ2n) is 4.82. The van der Waals surface area contributed by atoms with Crippen LogP contribution in [0.5, 0.6) is 0 Å². The maximum atomic E-state index is 12.6. The molecule has 1 atom stereocenters. The van der Waals surface area contributed by atoms with Crippen molar-refractivity contribution >= 4 is 29.7 Å². The van der Waals surface area contributed by atoms with Crippen LogP contribution in [0, 0.1) is 0 Å². The minimum atomic E-state index is -1.25. The van der Waals surface area contributed by atoms with E-state index in [4.69, 9.17) is 0 Å². The summed E-state index contributed by atoms with van der Waals surface area (Å²) in [7, 11) is 3.10. The van der Waals surface area contributed by atoms with E-state index in [1.807, 2.05) is 30.3 Å². The van der Waals surface area contributed by atoms with Crippen LogP contribution >= 0.6 is 11.8 Å². The monoisotopic (exact) mass is 306 g/mol. The molecular weight excluding hydrogens is 288 g/mol. The predicted octanol–water partition coefficient (Wildman–Crippen LogP) is 1.01. The molecule has 5 nitrogen and oxygen atoms in total. The average molecular weight is 306 g/mol. The Morgan fingerprint density at radius 3 is 2.38 bits per heavy atom. The van der Waals surface area contributed by atoms with Crippen molar-refractivity contribution in [2.45, 2.75) is 4.87 Å². The summed E-state index contributed by atoms with van der Waals surface area (Å²) in [4.78, 5) is 26.5. The summed E-state index contributed by atoms with van der Waals surface area (Å²) >= 11 is 1.16. The molecular formula is C15H18N2O3S. The van der Waals surface area contributed by atoms with Gasteiger partial charge in [-0.3, -0.25) is 9.59 Å². The van der Waals surface area contributed by atoms with Gasteiger partial charge in [-0.2, -0.15) is 0 Å². The Kier molecular flexibility index (Phi) is 4.39. The summed E-state index contributed by atoms with van der Waals surface area (Å²) in [5, 5.41) is 9.61. The molecule has 0 bridgehead atoms. The van der Waals surface area contributed by atoms with Crippen LogP contribution in [0.4, 0.5) is 0 Å². The number of carbonyl (C=O) groups is 2. The van der Waals surface area contributed by atoms with Crippen LogP contribution in [0.1, 0.15) is 5.56 Å². The lowest BCUT2D eigenvalue weighted by atomic mass is 10.1. The molecule has 1 N–H and O–H groups in total. The van der Waals surface area contributed by atoms with Crippen LogP contribution in [-0.4, -0.2) is 58.5 Å². The number of hydrogen-bond donors (Lipinski definition) is 1. The molecule has 6 heteroatoms. The van der Waals surface area contributed by atoms with Crippen molar-refractivity contribution in [3.63, 3.8) is 0 Å². The average Bonchev–Trinajstić information content (AvgIpc) is 2.52. The van der Waals surface area contributed by atoms with Gasteiger partial charge in [-0.15, -0.1) is 11.8 Å². The zero-order valence-corrected chi connectivity index (χ0v) is 13.1. The SMILES string of the molecule is CS[C@]1(CO)C(=O)N(C)/C(=C\c2ccccc2)C(=O)N1C. The fourth-order valence-electron chi connectivity index (χ4n) is 2.32. The minimum Gasteiger partial charge on any atom is -0.392 e. The predicted molar refractivity (Wildman–Crippen MR) is 83.3 cm³/mol. The first-order chi connectivity index (χ1) is 9.97. The Labute approximate surface area is 128 Å². The van der Waals surface area contributed by atoms with E-state index in [0.29, 0.717) is 5.70 Å². The molecule has 2 rings (SSSR count). The number of rotatable bonds is 3. The van der Waals surface area contributed by atoms with Crippen molar-refractivity contribution in [1.29, 1.82) is 0 Å². The standard InChI is InChI=1S/C15H18N2O3S/c1-16-12(9-11-7-5-4-6-8-11)13(19)17(2)15(10-18,21-3)14(16)20/h4-9,18H,10H2,1-3H3/b12-9-/t15-/m1/s1. The molecule has 0 radical (unpaired) electrons. The van der Waals surface area contributed by atoms with Gasteiger partial charge in [0.05, 0.1) is 6.61 Å². The number of aliphatic hydroxyl groups excluding tert-OH is 1. The highest BCUT2D eigenvalue weighted by Crippen LogP contribution is 2.35. The largest absolute Gasteiger partial charge is 0.392 e. The number of amides is 2. The fraction of sp³-hybridized carbons (Fsp3) is 0.333. The second-order valence-corrected chi connectivity index (χ2v) is 5.90. The molecule has 0 aliphatic carbocycles. The Morgan fingerprint density at radius 2 is 1.86 bits per heavy atom. The van der Waals surface area contributed by atoms with Gasteiger partial charge in [0.15, 0.2) is 4.87 Å². The highest BCUT2D eigenvalue weighted by Gasteiger charge is 2.51. The van der Waals surface area contributed by atoms with Crippen LogP contribution in [0.2, 0.25) is 0 Å². The summed E-state index contributed by atoms with van der Waals surface area (Å²) in [5.41, 5.74) is 1.14. The molecule has 1 heterocycles. The van der Waals surface area contributed by atoms with Crippen LogP contribution < -0.4 is 0 Å². The van der Waals surface area contributed by atoms with E-state index in [9.17, 15) is 14.7 Å². The van der Waals surface area contributed by atoms with Crippen molar-refractivity contribution in [3.05, 3.63) is 41.6 Å². The summed E-state index contributed by atoms with van der Waals surface area (Å²) in [5.74, 6) is -0.592. The topological polar surface area (TPSA) is 60.9 Å². The number of benzene rings is 1. The molecule has 112 valence electrons. The Balaban J connectivity index is 2.47. The highest BCUT2D eigenvalue weighted by atomic mass is 32.2. The molecule has 1 aromatic rings. The molecule has 1 aromatic carbocycles. The van der Waals surface area contributed by atoms with Crippen LogP contribution in [0.3, 0.4) is 0 Å². The van der Waals surface area contributed by atoms with E-state index in [2.05, 4.69) is 0 Å². The molecule has 0 unspecified atom stereocenters. The molecule has 1 saturated heterocycles. The number of carbonyl (C=O) groups excluding carboxylic acids is 2. The van der Waals surface area contributed by atoms with Gasteiger partial charge < -0.3 is 14.9 Å². The van der Waals surface area contributed by atoms with E-state index < -0.39 is 11.5 Å². The third-order valence-corrected chi connectivity index (χ3v) is 4.97. The van der Waals surface area contributed by atoms with Crippen molar-refractivity contribution in [1.82, 2.24) is 9.80 Å². The lowest BCUT2D eigenvalue weighted by molar-refractivity contribution is -0.152. The maximum absolute atomic E-state index is 12.6. The number of thioether (sulfide) groups is 1. The normalized spacial score (nSPS) is 24.9. The molecule has 21 heavy (non-hydrogen) atoms. The first-order valence-corrected chi connectivity index (χ1v) is 7.69. The molecule has 0 saturated carbocycles. The van der Waals surface area contributed by atoms with Crippen molar-refractivity contribution in [2.75, 3.05) is 27.0 Å². The summed E-state index contributed by atoms with van der Waals surface area (Å²) in [6.07, 6.45) is 3.38. The second kappa shape index (κ2) is 5.91. The van der Waals surface area contributed by atoms with Gasteiger partial charge in [0.25, 0.3) is 11.8 Å². The lowest BCUT2D eigenvalue weighted by Crippen LogP contribution is -2.65. The lowest BCUT2D eigenvalue weighted by Gasteiger charge is -2.45. The van der Waals surface area contributed by atoms with Crippen molar-refractivity contribution < 1.29 is 14.7 Å². The molecule has 2 amide bonds. The van der Waals surface area contributed by atoms with Crippen molar-refractivity contribution in [3.8, 4) is 0 Å². The van der Waals surface area contributed by atoms with Gasteiger partial charge in [-0.25, -0.2) is 0 Å². The number of piperazine rings is 1. The van der Waals surface area contributed by atoms with Crippen LogP contribution in [-0.2, 0) is 9.59 Å². The number of aliphatic hydroxyl groups is 1. The van der Waals surface area contributed by atoms with Crippen LogP contribution in [0.25, 0.3) is 6.08 Å². The summed E-state index contributed by atoms with van der Waals surface area (Å²) in [6.45, 7) is -0.418. The molecule has 0 spiro atoms. The summed E-state index contributed by atoms with van der Waals surface area (Å²) < 4.78 is 0. The van der Waals surface area contributed by atoms with Gasteiger partial charge in [0, 0.05) is 14.1 Å². The molecule has 1 fully saturated rings. The molecule has 0 aromatic heterocycles. The minimum absolute atomic E-state index is 0.288. The molecule has 1 aliphatic heterocycles. The van der Waals surface area contributed by atoms with Gasteiger partial charge in [0.2, 0.25) is 0 Å². The third kappa shape index (κ3) is 2.45. The van der Waals surface area contributed by atoms with Gasteiger partial charge in [0.1, 0.15) is 5.70 Å². The maximum Gasteiger partial charge on any atom is 0.271 e. The first-order valence-electron chi connectivity index (χ1n) is 6.47. The highest BCUT2D eigenvalue weighted by molar-refractivity contribution is 8.00. The van der Waals surface area contributed by atoms with Gasteiger partial charge in [-0.1, -0.05) is 30.3 Å². The van der Waals surface area contributed by atoms with E-state index >= 15 is 0 Å². The number of hydrogen-bond acceptors (Lipinski definition) is 4. The van der Waals surface area contributed by atoms with Crippen molar-refractivity contribution in [2.24, 2.45) is 0 Å². The summed E-state index contributed by atoms with van der Waals surface area (Å²) in [6, 6.07) is 9.34. The quantitative estimate of drug-likeness (QED) is 0.847. The number of nitrogens with zero attached hydrogens (tertiary/aromatic N) is 2. The Bertz CT molecular complexity index is 582. The Hall–Kier alpha value is -1.79. The molecule has 1 aliphatic rings. The van der Waals surface area contributed by atoms with Crippen LogP contribution in [0.15, 0.2) is 36.0 Å². The third-order valence-electron chi connectivity index (χ3n) is 3.72. The van der Waals surface area contributed by atoms with E-state index in [-0.39, 0.29) is 11.8 Å². The fourth-order valence-corrected chi connectivity index (χ4v) is 3.12. The zero-order valence-electron chi connectivity index (χ0n) is 12.2. The van der Waals surface area contributed by atoms with Gasteiger partial charge >= 0.3 is 0 Å². The van der Waals surface area contributed by atoms with E-state index in [0.717, 1.165) is 17.3 Å². The first kappa shape index (κ1) is 15.6. The van der Waals surface area contributed by atoms with E-state index in [1.54, 1.807) is 26.4 Å². The Morgan fingerprint density at radius 1 is 1.24 bits per heavy atom. The zero-order chi connectivity index (χ0) is 15.6.